The molecule has 0 radical (unpaired) electrons. The Kier molecular flexibility index (Phi) is 8.01. The van der Waals surface area contributed by atoms with Crippen molar-refractivity contribution >= 4 is 5.97 Å². The molecule has 0 spiro atoms. The molecule has 18 heavy (non-hydrogen) atoms. The minimum absolute atomic E-state index is 0.166. The van der Waals surface area contributed by atoms with Crippen LogP contribution in [0, 0.1) is 0 Å². The van der Waals surface area contributed by atoms with E-state index < -0.39 is 0 Å². The summed E-state index contributed by atoms with van der Waals surface area (Å²) in [4.78, 5) is 13.8. The van der Waals surface area contributed by atoms with Crippen molar-refractivity contribution in [3.05, 3.63) is 0 Å². The third kappa shape index (κ3) is 5.36. The van der Waals surface area contributed by atoms with Gasteiger partial charge in [-0.3, -0.25) is 9.69 Å². The number of ether oxygens (including phenoxy) is 2. The Morgan fingerprint density at radius 3 is 2.72 bits per heavy atom. The van der Waals surface area contributed by atoms with Gasteiger partial charge in [0, 0.05) is 6.54 Å². The van der Waals surface area contributed by atoms with Crippen LogP contribution in [0.1, 0.15) is 45.4 Å². The summed E-state index contributed by atoms with van der Waals surface area (Å²) in [5.41, 5.74) is 0. The summed E-state index contributed by atoms with van der Waals surface area (Å²) in [5, 5.41) is 0. The van der Waals surface area contributed by atoms with E-state index in [1.807, 2.05) is 0 Å². The molecule has 0 aromatic carbocycles. The first-order valence-corrected chi connectivity index (χ1v) is 7.19. The second kappa shape index (κ2) is 9.34. The maximum atomic E-state index is 11.6. The van der Waals surface area contributed by atoms with E-state index in [-0.39, 0.29) is 12.0 Å². The van der Waals surface area contributed by atoms with Crippen LogP contribution in [0.4, 0.5) is 0 Å². The highest BCUT2D eigenvalue weighted by Gasteiger charge is 2.29. The Balaban J connectivity index is 2.19. The topological polar surface area (TPSA) is 38.8 Å². The summed E-state index contributed by atoms with van der Waals surface area (Å²) in [6, 6.07) is -0.195. The number of unbranched alkanes of at least 4 members (excludes halogenated alkanes) is 5. The van der Waals surface area contributed by atoms with Gasteiger partial charge in [-0.05, 0) is 13.0 Å². The SMILES string of the molecule is CCCCCCCCN1CCOCC1C(=O)OC. The van der Waals surface area contributed by atoms with Crippen molar-refractivity contribution in [1.29, 1.82) is 0 Å². The van der Waals surface area contributed by atoms with E-state index in [9.17, 15) is 4.79 Å². The Bertz CT molecular complexity index is 233. The van der Waals surface area contributed by atoms with E-state index in [2.05, 4.69) is 11.8 Å². The zero-order chi connectivity index (χ0) is 13.2. The van der Waals surface area contributed by atoms with Gasteiger partial charge in [-0.2, -0.15) is 0 Å². The van der Waals surface area contributed by atoms with Crippen LogP contribution in [0.3, 0.4) is 0 Å². The normalized spacial score (nSPS) is 20.9. The van der Waals surface area contributed by atoms with Gasteiger partial charge in [-0.1, -0.05) is 39.0 Å². The Hall–Kier alpha value is -0.610. The highest BCUT2D eigenvalue weighted by atomic mass is 16.5. The maximum absolute atomic E-state index is 11.6. The van der Waals surface area contributed by atoms with Crippen LogP contribution in [0.15, 0.2) is 0 Å². The summed E-state index contributed by atoms with van der Waals surface area (Å²) in [6.45, 7) is 5.25. The largest absolute Gasteiger partial charge is 0.468 e. The number of carbonyl (C=O) groups is 1. The lowest BCUT2D eigenvalue weighted by atomic mass is 10.1. The predicted octanol–water partition coefficient (Wildman–Crippen LogP) is 2.22. The lowest BCUT2D eigenvalue weighted by Gasteiger charge is -2.33. The average molecular weight is 257 g/mol. The lowest BCUT2D eigenvalue weighted by Crippen LogP contribution is -2.50. The monoisotopic (exact) mass is 257 g/mol. The zero-order valence-corrected chi connectivity index (χ0v) is 11.8. The van der Waals surface area contributed by atoms with Gasteiger partial charge in [-0.15, -0.1) is 0 Å². The molecule has 1 atom stereocenters. The van der Waals surface area contributed by atoms with E-state index in [1.54, 1.807) is 0 Å². The van der Waals surface area contributed by atoms with Crippen LogP contribution in [-0.4, -0.2) is 50.3 Å². The minimum atomic E-state index is -0.195. The molecular weight excluding hydrogens is 230 g/mol. The van der Waals surface area contributed by atoms with Crippen molar-refractivity contribution in [3.8, 4) is 0 Å². The van der Waals surface area contributed by atoms with E-state index >= 15 is 0 Å². The Morgan fingerprint density at radius 2 is 2.00 bits per heavy atom. The van der Waals surface area contributed by atoms with Crippen molar-refractivity contribution in [2.75, 3.05) is 33.4 Å². The molecular formula is C14H27NO3. The maximum Gasteiger partial charge on any atom is 0.325 e. The number of esters is 1. The molecule has 1 rings (SSSR count). The number of morpholine rings is 1. The van der Waals surface area contributed by atoms with Gasteiger partial charge < -0.3 is 9.47 Å². The van der Waals surface area contributed by atoms with E-state index in [1.165, 1.54) is 39.2 Å². The molecule has 0 N–H and O–H groups in total. The number of rotatable bonds is 8. The second-order valence-corrected chi connectivity index (χ2v) is 4.92. The van der Waals surface area contributed by atoms with Gasteiger partial charge in [-0.25, -0.2) is 0 Å². The van der Waals surface area contributed by atoms with Gasteiger partial charge in [0.1, 0.15) is 6.04 Å². The van der Waals surface area contributed by atoms with Crippen LogP contribution in [-0.2, 0) is 14.3 Å². The molecule has 1 saturated heterocycles. The predicted molar refractivity (Wildman–Crippen MR) is 71.6 cm³/mol. The molecule has 0 aromatic heterocycles. The van der Waals surface area contributed by atoms with Crippen molar-refractivity contribution in [2.24, 2.45) is 0 Å². The molecule has 1 aliphatic rings. The average Bonchev–Trinajstić information content (AvgIpc) is 2.42. The molecule has 0 aliphatic carbocycles. The molecule has 1 unspecified atom stereocenters. The number of hydrogen-bond acceptors (Lipinski definition) is 4. The van der Waals surface area contributed by atoms with Gasteiger partial charge in [0.25, 0.3) is 0 Å². The molecule has 1 heterocycles. The van der Waals surface area contributed by atoms with E-state index in [0.29, 0.717) is 6.61 Å². The third-order valence-corrected chi connectivity index (χ3v) is 3.51. The number of nitrogens with zero attached hydrogens (tertiary/aromatic N) is 1. The summed E-state index contributed by atoms with van der Waals surface area (Å²) in [5.74, 6) is -0.166. The van der Waals surface area contributed by atoms with Gasteiger partial charge >= 0.3 is 5.97 Å². The Labute approximate surface area is 111 Å². The lowest BCUT2D eigenvalue weighted by molar-refractivity contribution is -0.153. The van der Waals surface area contributed by atoms with E-state index in [0.717, 1.165) is 26.1 Å². The number of carbonyl (C=O) groups excluding carboxylic acids is 1. The zero-order valence-electron chi connectivity index (χ0n) is 11.8. The fourth-order valence-electron chi connectivity index (χ4n) is 2.35. The minimum Gasteiger partial charge on any atom is -0.468 e. The molecule has 0 aromatic rings. The first-order valence-electron chi connectivity index (χ1n) is 7.19. The molecule has 0 bridgehead atoms. The van der Waals surface area contributed by atoms with Crippen LogP contribution in [0.2, 0.25) is 0 Å². The standard InChI is InChI=1S/C14H27NO3/c1-3-4-5-6-7-8-9-15-10-11-18-12-13(15)14(16)17-2/h13H,3-12H2,1-2H3. The highest BCUT2D eigenvalue weighted by molar-refractivity contribution is 5.75. The van der Waals surface area contributed by atoms with Crippen molar-refractivity contribution in [1.82, 2.24) is 4.90 Å². The third-order valence-electron chi connectivity index (χ3n) is 3.51. The molecule has 1 fully saturated rings. The molecule has 1 aliphatic heterocycles. The molecule has 106 valence electrons. The summed E-state index contributed by atoms with van der Waals surface area (Å²) in [6.07, 6.45) is 7.68. The first-order chi connectivity index (χ1) is 8.79. The van der Waals surface area contributed by atoms with Crippen molar-refractivity contribution in [3.63, 3.8) is 0 Å². The second-order valence-electron chi connectivity index (χ2n) is 4.92. The van der Waals surface area contributed by atoms with Crippen molar-refractivity contribution in [2.45, 2.75) is 51.5 Å². The fourth-order valence-corrected chi connectivity index (χ4v) is 2.35. The molecule has 4 nitrogen and oxygen atoms in total. The van der Waals surface area contributed by atoms with E-state index in [4.69, 9.17) is 9.47 Å². The molecule has 0 amide bonds. The first kappa shape index (κ1) is 15.4. The molecule has 4 heteroatoms. The number of hydrogen-bond donors (Lipinski definition) is 0. The van der Waals surface area contributed by atoms with Gasteiger partial charge in [0.15, 0.2) is 0 Å². The Morgan fingerprint density at radius 1 is 1.28 bits per heavy atom. The summed E-state index contributed by atoms with van der Waals surface area (Å²) in [7, 11) is 1.44. The van der Waals surface area contributed by atoms with Gasteiger partial charge in [0.2, 0.25) is 0 Å². The fraction of sp³-hybridized carbons (Fsp3) is 0.929. The summed E-state index contributed by atoms with van der Waals surface area (Å²) < 4.78 is 10.2. The van der Waals surface area contributed by atoms with Crippen LogP contribution < -0.4 is 0 Å². The van der Waals surface area contributed by atoms with Gasteiger partial charge in [0.05, 0.1) is 20.3 Å². The molecule has 0 saturated carbocycles. The van der Waals surface area contributed by atoms with Crippen molar-refractivity contribution < 1.29 is 14.3 Å². The highest BCUT2D eigenvalue weighted by Crippen LogP contribution is 2.11. The number of methoxy groups -OCH3 is 1. The smallest absolute Gasteiger partial charge is 0.325 e. The van der Waals surface area contributed by atoms with Crippen LogP contribution >= 0.6 is 0 Å². The van der Waals surface area contributed by atoms with Crippen LogP contribution in [0.5, 0.6) is 0 Å². The quantitative estimate of drug-likeness (QED) is 0.494. The van der Waals surface area contributed by atoms with Crippen LogP contribution in [0.25, 0.3) is 0 Å². The summed E-state index contributed by atoms with van der Waals surface area (Å²) >= 11 is 0.